The zero-order chi connectivity index (χ0) is 29.7. The van der Waals surface area contributed by atoms with Gasteiger partial charge in [0.2, 0.25) is 11.8 Å². The van der Waals surface area contributed by atoms with Gasteiger partial charge in [-0.2, -0.15) is 0 Å². The molecule has 1 aliphatic carbocycles. The van der Waals surface area contributed by atoms with E-state index in [1.807, 2.05) is 37.3 Å². The number of hydrogen-bond donors (Lipinski definition) is 3. The average molecular weight is 557 g/mol. The van der Waals surface area contributed by atoms with Crippen molar-refractivity contribution in [1.29, 1.82) is 0 Å². The van der Waals surface area contributed by atoms with Crippen molar-refractivity contribution < 1.29 is 19.4 Å². The summed E-state index contributed by atoms with van der Waals surface area (Å²) in [4.78, 5) is 30.2. The maximum Gasteiger partial charge on any atom is 0.236 e. The Hall–Kier alpha value is -2.42. The van der Waals surface area contributed by atoms with Gasteiger partial charge in [-0.25, -0.2) is 0 Å². The Bertz CT molecular complexity index is 1000. The van der Waals surface area contributed by atoms with E-state index in [2.05, 4.69) is 44.5 Å². The summed E-state index contributed by atoms with van der Waals surface area (Å²) in [5.41, 5.74) is 7.30. The molecule has 9 unspecified atom stereocenters. The van der Waals surface area contributed by atoms with Crippen molar-refractivity contribution in [2.75, 3.05) is 20.7 Å². The van der Waals surface area contributed by atoms with Crippen LogP contribution in [-0.4, -0.2) is 77.7 Å². The number of piperidine rings is 1. The number of hydrogen-bond acceptors (Lipinski definition) is 6. The molecule has 1 aromatic rings. The number of fused-ring (bicyclic) bond motifs is 1. The van der Waals surface area contributed by atoms with Crippen LogP contribution in [0.1, 0.15) is 72.0 Å². The largest absolute Gasteiger partial charge is 0.386 e. The zero-order valence-corrected chi connectivity index (χ0v) is 25.5. The lowest BCUT2D eigenvalue weighted by atomic mass is 9.85. The number of amides is 2. The van der Waals surface area contributed by atoms with E-state index in [1.165, 1.54) is 0 Å². The fourth-order valence-corrected chi connectivity index (χ4v) is 6.87. The molecule has 0 aromatic heterocycles. The van der Waals surface area contributed by atoms with Crippen LogP contribution in [-0.2, 0) is 14.3 Å². The van der Waals surface area contributed by atoms with Gasteiger partial charge in [-0.05, 0) is 43.1 Å². The van der Waals surface area contributed by atoms with E-state index in [9.17, 15) is 14.7 Å². The minimum absolute atomic E-state index is 0.00299. The van der Waals surface area contributed by atoms with Crippen molar-refractivity contribution >= 4 is 11.8 Å². The maximum absolute atomic E-state index is 13.9. The first-order valence-electron chi connectivity index (χ1n) is 14.9. The Kier molecular flexibility index (Phi) is 11.2. The Morgan fingerprint density at radius 2 is 1.82 bits per heavy atom. The summed E-state index contributed by atoms with van der Waals surface area (Å²) in [6, 6.07) is 9.52. The lowest BCUT2D eigenvalue weighted by Gasteiger charge is -2.40. The first-order valence-corrected chi connectivity index (χ1v) is 14.9. The molecule has 3 rings (SSSR count). The maximum atomic E-state index is 13.9. The molecule has 2 amide bonds. The number of nitrogens with one attached hydrogen (secondary N) is 1. The number of ether oxygens (including phenoxy) is 1. The number of aliphatic hydroxyl groups excluding tert-OH is 1. The molecule has 1 saturated carbocycles. The molecule has 1 heterocycles. The van der Waals surface area contributed by atoms with E-state index in [4.69, 9.17) is 10.5 Å². The summed E-state index contributed by atoms with van der Waals surface area (Å²) in [5, 5.41) is 14.2. The molecular weight excluding hydrogens is 504 g/mol. The van der Waals surface area contributed by atoms with Gasteiger partial charge in [0.25, 0.3) is 0 Å². The van der Waals surface area contributed by atoms with Crippen molar-refractivity contribution in [3.8, 4) is 0 Å². The van der Waals surface area contributed by atoms with Crippen molar-refractivity contribution in [3.63, 3.8) is 0 Å². The van der Waals surface area contributed by atoms with Crippen molar-refractivity contribution in [1.82, 2.24) is 15.1 Å². The third-order valence-corrected chi connectivity index (χ3v) is 9.48. The summed E-state index contributed by atoms with van der Waals surface area (Å²) >= 11 is 0. The van der Waals surface area contributed by atoms with Crippen LogP contribution in [0.3, 0.4) is 0 Å². The lowest BCUT2D eigenvalue weighted by Crippen LogP contribution is -2.51. The molecule has 8 nitrogen and oxygen atoms in total. The summed E-state index contributed by atoms with van der Waals surface area (Å²) in [6.45, 7) is 14.6. The van der Waals surface area contributed by atoms with Crippen molar-refractivity contribution in [3.05, 3.63) is 48.2 Å². The van der Waals surface area contributed by atoms with Crippen LogP contribution < -0.4 is 11.1 Å². The fourth-order valence-electron chi connectivity index (χ4n) is 6.87. The first-order chi connectivity index (χ1) is 19.0. The van der Waals surface area contributed by atoms with E-state index in [0.717, 1.165) is 30.5 Å². The van der Waals surface area contributed by atoms with E-state index in [0.29, 0.717) is 12.3 Å². The van der Waals surface area contributed by atoms with Crippen molar-refractivity contribution in [2.45, 2.75) is 96.7 Å². The molecule has 1 saturated heterocycles. The Morgan fingerprint density at radius 3 is 2.40 bits per heavy atom. The number of benzene rings is 1. The smallest absolute Gasteiger partial charge is 0.236 e. The molecule has 2 aliphatic rings. The molecular formula is C32H52N4O4. The third kappa shape index (κ3) is 7.07. The van der Waals surface area contributed by atoms with Gasteiger partial charge in [0, 0.05) is 44.3 Å². The second kappa shape index (κ2) is 14.0. The van der Waals surface area contributed by atoms with Gasteiger partial charge in [-0.15, -0.1) is 0 Å². The van der Waals surface area contributed by atoms with E-state index in [1.54, 1.807) is 19.1 Å². The SMILES string of the molecule is C=C(NC(C)C(O)c1ccccc1)C(C)C(OC)[C@@H]1CC2CC2N1C(=O)CC(C)C(C(C)CC)N(C)C(=O)CN. The number of likely N-dealkylation sites (tertiary alicyclic amines) is 1. The molecule has 0 bridgehead atoms. The van der Waals surface area contributed by atoms with Gasteiger partial charge >= 0.3 is 0 Å². The highest BCUT2D eigenvalue weighted by molar-refractivity contribution is 5.79. The number of methoxy groups -OCH3 is 1. The fraction of sp³-hybridized carbons (Fsp3) is 0.688. The molecule has 4 N–H and O–H groups in total. The molecule has 10 atom stereocenters. The standard InChI is InChI=1S/C32H52N4O4/c1-9-19(2)30(35(7)29(38)18-33)20(3)15-28(37)36-26-16-25(26)17-27(36)32(40-8)21(4)22(5)34-23(6)31(39)24-13-11-10-12-14-24/h10-14,19-21,23,25-27,30-32,34,39H,5,9,15-18,33H2,1-4,6-8H3/t19?,20?,21?,23?,25?,26?,27-,30?,31?,32?/m0/s1. The molecule has 1 aliphatic heterocycles. The van der Waals surface area contributed by atoms with Crippen LogP contribution in [0.5, 0.6) is 0 Å². The van der Waals surface area contributed by atoms with Crippen LogP contribution in [0.2, 0.25) is 0 Å². The second-order valence-corrected chi connectivity index (χ2v) is 12.2. The van der Waals surface area contributed by atoms with Gasteiger partial charge in [0.1, 0.15) is 0 Å². The van der Waals surface area contributed by atoms with Gasteiger partial charge in [-0.3, -0.25) is 9.59 Å². The monoisotopic (exact) mass is 556 g/mol. The summed E-state index contributed by atoms with van der Waals surface area (Å²) < 4.78 is 6.06. The Balaban J connectivity index is 1.70. The van der Waals surface area contributed by atoms with E-state index in [-0.39, 0.29) is 66.4 Å². The number of carbonyl (C=O) groups excluding carboxylic acids is 2. The summed E-state index contributed by atoms with van der Waals surface area (Å²) in [6.07, 6.45) is 2.36. The third-order valence-electron chi connectivity index (χ3n) is 9.48. The van der Waals surface area contributed by atoms with Crippen LogP contribution in [0.4, 0.5) is 0 Å². The number of aliphatic hydroxyl groups is 1. The van der Waals surface area contributed by atoms with Crippen LogP contribution >= 0.6 is 0 Å². The molecule has 1 aromatic carbocycles. The summed E-state index contributed by atoms with van der Waals surface area (Å²) in [7, 11) is 3.51. The molecule has 8 heteroatoms. The quantitative estimate of drug-likeness (QED) is 0.304. The molecule has 2 fully saturated rings. The second-order valence-electron chi connectivity index (χ2n) is 12.2. The van der Waals surface area contributed by atoms with Crippen molar-refractivity contribution in [2.24, 2.45) is 29.4 Å². The number of carbonyl (C=O) groups is 2. The highest BCUT2D eigenvalue weighted by Crippen LogP contribution is 2.50. The normalized spacial score (nSPS) is 25.1. The zero-order valence-electron chi connectivity index (χ0n) is 25.5. The Morgan fingerprint density at radius 1 is 1.18 bits per heavy atom. The topological polar surface area (TPSA) is 108 Å². The van der Waals surface area contributed by atoms with Gasteiger partial charge in [0.15, 0.2) is 0 Å². The lowest BCUT2D eigenvalue weighted by molar-refractivity contribution is -0.140. The molecule has 40 heavy (non-hydrogen) atoms. The number of likely N-dealkylation sites (N-methyl/N-ethyl adjacent to an activating group) is 1. The minimum Gasteiger partial charge on any atom is -0.386 e. The number of nitrogens with two attached hydrogens (primary N) is 1. The Labute approximate surface area is 241 Å². The van der Waals surface area contributed by atoms with E-state index >= 15 is 0 Å². The van der Waals surface area contributed by atoms with Gasteiger partial charge < -0.3 is 30.7 Å². The highest BCUT2D eigenvalue weighted by atomic mass is 16.5. The predicted octanol–water partition coefficient (Wildman–Crippen LogP) is 3.71. The average Bonchev–Trinajstić information content (AvgIpc) is 3.61. The number of rotatable bonds is 15. The predicted molar refractivity (Wildman–Crippen MR) is 159 cm³/mol. The van der Waals surface area contributed by atoms with Gasteiger partial charge in [-0.1, -0.05) is 71.0 Å². The minimum atomic E-state index is -0.674. The van der Waals surface area contributed by atoms with Crippen LogP contribution in [0, 0.1) is 23.7 Å². The number of nitrogens with zero attached hydrogens (tertiary/aromatic N) is 2. The highest BCUT2D eigenvalue weighted by Gasteiger charge is 2.56. The molecule has 0 radical (unpaired) electrons. The first kappa shape index (κ1) is 32.1. The summed E-state index contributed by atoms with van der Waals surface area (Å²) in [5.74, 6) is 0.715. The molecule has 0 spiro atoms. The molecule has 224 valence electrons. The van der Waals surface area contributed by atoms with Crippen LogP contribution in [0.25, 0.3) is 0 Å². The van der Waals surface area contributed by atoms with E-state index < -0.39 is 6.10 Å². The van der Waals surface area contributed by atoms with Crippen LogP contribution in [0.15, 0.2) is 42.6 Å². The van der Waals surface area contributed by atoms with Gasteiger partial charge in [0.05, 0.1) is 30.8 Å².